The zero-order valence-corrected chi connectivity index (χ0v) is 20.7. The third kappa shape index (κ3) is 4.18. The second-order valence-electron chi connectivity index (χ2n) is 9.05. The zero-order valence-electron chi connectivity index (χ0n) is 20.7. The molecule has 0 radical (unpaired) electrons. The van der Waals surface area contributed by atoms with E-state index in [9.17, 15) is 9.59 Å². The highest BCUT2D eigenvalue weighted by Crippen LogP contribution is 2.41. The van der Waals surface area contributed by atoms with E-state index in [1.54, 1.807) is 48.7 Å². The largest absolute Gasteiger partial charge is 0.493 e. The van der Waals surface area contributed by atoms with E-state index in [1.165, 1.54) is 0 Å². The van der Waals surface area contributed by atoms with Crippen molar-refractivity contribution in [1.82, 2.24) is 9.88 Å². The fourth-order valence-corrected chi connectivity index (χ4v) is 4.87. The summed E-state index contributed by atoms with van der Waals surface area (Å²) in [5, 5.41) is 0.432. The van der Waals surface area contributed by atoms with Crippen molar-refractivity contribution in [1.29, 1.82) is 0 Å². The first-order chi connectivity index (χ1) is 18.6. The van der Waals surface area contributed by atoms with E-state index in [0.717, 1.165) is 11.1 Å². The van der Waals surface area contributed by atoms with Gasteiger partial charge in [0.25, 0.3) is 5.91 Å². The number of amides is 1. The van der Waals surface area contributed by atoms with Crippen molar-refractivity contribution in [3.63, 3.8) is 0 Å². The highest BCUT2D eigenvalue weighted by atomic mass is 16.5. The summed E-state index contributed by atoms with van der Waals surface area (Å²) in [4.78, 5) is 33.2. The Labute approximate surface area is 218 Å². The minimum absolute atomic E-state index is 0.0611. The maximum Gasteiger partial charge on any atom is 0.291 e. The number of hydrogen-bond donors (Lipinski definition) is 0. The molecule has 0 fully saturated rings. The minimum Gasteiger partial charge on any atom is -0.493 e. The molecule has 1 aliphatic rings. The zero-order chi connectivity index (χ0) is 26.1. The molecule has 188 valence electrons. The SMILES string of the molecule is COc1cc(C2c3c(oc4ccccc4c3=O)C(=O)N2Cc2cccnc2)ccc1OCc1ccccc1. The summed E-state index contributed by atoms with van der Waals surface area (Å²) in [5.74, 6) is 0.783. The minimum atomic E-state index is -0.671. The lowest BCUT2D eigenvalue weighted by molar-refractivity contribution is 0.0714. The van der Waals surface area contributed by atoms with Crippen LogP contribution in [0.1, 0.15) is 38.9 Å². The van der Waals surface area contributed by atoms with Gasteiger partial charge in [0.2, 0.25) is 5.76 Å². The number of pyridine rings is 1. The number of nitrogens with zero attached hydrogens (tertiary/aromatic N) is 2. The number of rotatable bonds is 7. The van der Waals surface area contributed by atoms with Crippen molar-refractivity contribution < 1.29 is 18.7 Å². The Kier molecular flexibility index (Phi) is 6.09. The number of hydrogen-bond acceptors (Lipinski definition) is 6. The monoisotopic (exact) mass is 504 g/mol. The van der Waals surface area contributed by atoms with Crippen LogP contribution in [-0.4, -0.2) is 22.9 Å². The third-order valence-electron chi connectivity index (χ3n) is 6.69. The van der Waals surface area contributed by atoms with Crippen LogP contribution in [0.25, 0.3) is 11.0 Å². The van der Waals surface area contributed by atoms with Crippen LogP contribution in [0, 0.1) is 0 Å². The first kappa shape index (κ1) is 23.5. The van der Waals surface area contributed by atoms with Crippen molar-refractivity contribution in [3.05, 3.63) is 136 Å². The first-order valence-corrected chi connectivity index (χ1v) is 12.2. The Morgan fingerprint density at radius 2 is 1.68 bits per heavy atom. The number of ether oxygens (including phenoxy) is 2. The summed E-state index contributed by atoms with van der Waals surface area (Å²) in [5.41, 5.74) is 3.06. The maximum absolute atomic E-state index is 13.7. The van der Waals surface area contributed by atoms with E-state index < -0.39 is 6.04 Å². The van der Waals surface area contributed by atoms with Gasteiger partial charge in [0.1, 0.15) is 12.2 Å². The molecule has 0 spiro atoms. The highest BCUT2D eigenvalue weighted by molar-refractivity contribution is 5.99. The van der Waals surface area contributed by atoms with Crippen molar-refractivity contribution in [2.75, 3.05) is 7.11 Å². The number of methoxy groups -OCH3 is 1. The number of para-hydroxylation sites is 1. The maximum atomic E-state index is 13.7. The van der Waals surface area contributed by atoms with Crippen LogP contribution in [0.4, 0.5) is 0 Å². The average molecular weight is 505 g/mol. The highest BCUT2D eigenvalue weighted by Gasteiger charge is 2.43. The molecule has 38 heavy (non-hydrogen) atoms. The molecular formula is C31H24N2O5. The molecule has 1 amide bonds. The molecule has 1 unspecified atom stereocenters. The number of carbonyl (C=O) groups is 1. The molecule has 3 aromatic carbocycles. The van der Waals surface area contributed by atoms with Crippen LogP contribution in [-0.2, 0) is 13.2 Å². The molecular weight excluding hydrogens is 480 g/mol. The predicted octanol–water partition coefficient (Wildman–Crippen LogP) is 5.52. The second-order valence-corrected chi connectivity index (χ2v) is 9.05. The summed E-state index contributed by atoms with van der Waals surface area (Å²) in [6.45, 7) is 0.635. The summed E-state index contributed by atoms with van der Waals surface area (Å²) in [6.07, 6.45) is 3.39. The lowest BCUT2D eigenvalue weighted by atomic mass is 9.98. The van der Waals surface area contributed by atoms with Crippen molar-refractivity contribution in [3.8, 4) is 11.5 Å². The van der Waals surface area contributed by atoms with Gasteiger partial charge in [-0.2, -0.15) is 0 Å². The van der Waals surface area contributed by atoms with E-state index in [1.807, 2.05) is 60.7 Å². The van der Waals surface area contributed by atoms with Crippen LogP contribution in [0.3, 0.4) is 0 Å². The number of fused-ring (bicyclic) bond motifs is 2. The van der Waals surface area contributed by atoms with Crippen LogP contribution in [0.15, 0.2) is 107 Å². The molecule has 1 atom stereocenters. The topological polar surface area (TPSA) is 81.9 Å². The van der Waals surface area contributed by atoms with Gasteiger partial charge in [0, 0.05) is 18.9 Å². The lowest BCUT2D eigenvalue weighted by Gasteiger charge is -2.26. The summed E-state index contributed by atoms with van der Waals surface area (Å²) < 4.78 is 17.7. The van der Waals surface area contributed by atoms with Crippen molar-refractivity contribution in [2.24, 2.45) is 0 Å². The van der Waals surface area contributed by atoms with Gasteiger partial charge in [-0.05, 0) is 47.0 Å². The van der Waals surface area contributed by atoms with E-state index in [-0.39, 0.29) is 23.6 Å². The van der Waals surface area contributed by atoms with Gasteiger partial charge in [-0.3, -0.25) is 14.6 Å². The van der Waals surface area contributed by atoms with Gasteiger partial charge in [-0.15, -0.1) is 0 Å². The van der Waals surface area contributed by atoms with Crippen molar-refractivity contribution in [2.45, 2.75) is 19.2 Å². The molecule has 7 heteroatoms. The second kappa shape index (κ2) is 9.86. The quantitative estimate of drug-likeness (QED) is 0.290. The molecule has 6 rings (SSSR count). The van der Waals surface area contributed by atoms with E-state index in [4.69, 9.17) is 13.9 Å². The first-order valence-electron chi connectivity index (χ1n) is 12.2. The molecule has 3 heterocycles. The standard InChI is InChI=1S/C31H24N2O5/c1-36-26-16-22(13-14-25(26)37-19-20-8-3-2-4-9-20)28-27-29(34)23-11-5-6-12-24(23)38-30(27)31(35)33(28)18-21-10-7-15-32-17-21/h2-17,28H,18-19H2,1H3. The van der Waals surface area contributed by atoms with Gasteiger partial charge in [-0.25, -0.2) is 0 Å². The average Bonchev–Trinajstić information content (AvgIpc) is 3.24. The van der Waals surface area contributed by atoms with Crippen LogP contribution in [0.2, 0.25) is 0 Å². The summed E-state index contributed by atoms with van der Waals surface area (Å²) in [7, 11) is 1.57. The smallest absolute Gasteiger partial charge is 0.291 e. The molecule has 2 aromatic heterocycles. The Morgan fingerprint density at radius 3 is 2.47 bits per heavy atom. The fourth-order valence-electron chi connectivity index (χ4n) is 4.87. The van der Waals surface area contributed by atoms with Gasteiger partial charge >= 0.3 is 0 Å². The number of benzene rings is 3. The lowest BCUT2D eigenvalue weighted by Crippen LogP contribution is -2.29. The fraction of sp³-hybridized carbons (Fsp3) is 0.129. The Bertz CT molecular complexity index is 1680. The molecule has 0 saturated carbocycles. The van der Waals surface area contributed by atoms with E-state index in [2.05, 4.69) is 4.98 Å². The molecule has 1 aliphatic heterocycles. The number of carbonyl (C=O) groups excluding carboxylic acids is 1. The Morgan fingerprint density at radius 1 is 0.895 bits per heavy atom. The molecule has 7 nitrogen and oxygen atoms in total. The van der Waals surface area contributed by atoms with Gasteiger partial charge in [0.15, 0.2) is 16.9 Å². The van der Waals surface area contributed by atoms with E-state index >= 15 is 0 Å². The van der Waals surface area contributed by atoms with Crippen LogP contribution >= 0.6 is 0 Å². The molecule has 0 bridgehead atoms. The van der Waals surface area contributed by atoms with Gasteiger partial charge in [0.05, 0.1) is 24.1 Å². The van der Waals surface area contributed by atoms with E-state index in [0.29, 0.717) is 40.2 Å². The molecule has 5 aromatic rings. The van der Waals surface area contributed by atoms with Gasteiger partial charge in [-0.1, -0.05) is 54.6 Å². The molecule has 0 saturated heterocycles. The van der Waals surface area contributed by atoms with Crippen LogP contribution < -0.4 is 14.9 Å². The van der Waals surface area contributed by atoms with Gasteiger partial charge < -0.3 is 18.8 Å². The Hall–Kier alpha value is -4.91. The van der Waals surface area contributed by atoms with Crippen LogP contribution in [0.5, 0.6) is 11.5 Å². The summed E-state index contributed by atoms with van der Waals surface area (Å²) in [6, 6.07) is 25.4. The Balaban J connectivity index is 1.44. The summed E-state index contributed by atoms with van der Waals surface area (Å²) >= 11 is 0. The predicted molar refractivity (Wildman–Crippen MR) is 142 cm³/mol. The molecule has 0 N–H and O–H groups in total. The normalized spacial score (nSPS) is 14.5. The molecule has 0 aliphatic carbocycles. The number of aromatic nitrogens is 1. The van der Waals surface area contributed by atoms with Crippen molar-refractivity contribution >= 4 is 16.9 Å². The third-order valence-corrected chi connectivity index (χ3v) is 6.69.